The number of carbonyl (C=O) groups excluding carboxylic acids is 2. The smallest absolute Gasteiger partial charge is 0.240 e. The van der Waals surface area contributed by atoms with Crippen molar-refractivity contribution in [2.75, 3.05) is 11.5 Å². The molecule has 25 heavy (non-hydrogen) atoms. The van der Waals surface area contributed by atoms with Crippen molar-refractivity contribution in [1.29, 1.82) is 0 Å². The minimum absolute atomic E-state index is 0.111. The van der Waals surface area contributed by atoms with E-state index in [9.17, 15) is 9.59 Å². The standard InChI is InChI=1S/C19H22N2O3S/c1-3-24-16-10-6-4-8-14(16)12-18(23)21(13(2)22)19-20-15-9-5-7-11-17(15)25-19/h4,6,8,10H,3,5,7,9,11-12H2,1-2H3. The molecule has 6 heteroatoms. The molecule has 1 aliphatic rings. The largest absolute Gasteiger partial charge is 0.494 e. The van der Waals surface area contributed by atoms with Gasteiger partial charge in [0.2, 0.25) is 11.8 Å². The van der Waals surface area contributed by atoms with Crippen molar-refractivity contribution < 1.29 is 14.3 Å². The van der Waals surface area contributed by atoms with Gasteiger partial charge in [0.25, 0.3) is 0 Å². The molecule has 1 aromatic heterocycles. The second-order valence-corrected chi connectivity index (χ2v) is 7.10. The number of benzene rings is 1. The highest BCUT2D eigenvalue weighted by Crippen LogP contribution is 2.32. The molecule has 132 valence electrons. The van der Waals surface area contributed by atoms with E-state index >= 15 is 0 Å². The monoisotopic (exact) mass is 358 g/mol. The van der Waals surface area contributed by atoms with Crippen LogP contribution < -0.4 is 9.64 Å². The van der Waals surface area contributed by atoms with E-state index in [4.69, 9.17) is 4.74 Å². The predicted molar refractivity (Wildman–Crippen MR) is 98.2 cm³/mol. The van der Waals surface area contributed by atoms with Crippen LogP contribution in [0.4, 0.5) is 5.13 Å². The predicted octanol–water partition coefficient (Wildman–Crippen LogP) is 3.54. The summed E-state index contributed by atoms with van der Waals surface area (Å²) in [5, 5.41) is 0.498. The molecular weight excluding hydrogens is 336 g/mol. The molecule has 0 saturated carbocycles. The Labute approximate surface area is 151 Å². The van der Waals surface area contributed by atoms with E-state index in [2.05, 4.69) is 4.98 Å². The molecule has 3 rings (SSSR count). The van der Waals surface area contributed by atoms with E-state index in [1.165, 1.54) is 28.0 Å². The molecule has 1 heterocycles. The Morgan fingerprint density at radius 2 is 2.00 bits per heavy atom. The number of para-hydroxylation sites is 1. The van der Waals surface area contributed by atoms with Gasteiger partial charge in [-0.3, -0.25) is 9.59 Å². The molecule has 5 nitrogen and oxygen atoms in total. The molecule has 2 amide bonds. The third kappa shape index (κ3) is 3.90. The van der Waals surface area contributed by atoms with Crippen LogP contribution in [0.15, 0.2) is 24.3 Å². The van der Waals surface area contributed by atoms with E-state index in [-0.39, 0.29) is 18.2 Å². The SMILES string of the molecule is CCOc1ccccc1CC(=O)N(C(C)=O)c1nc2c(s1)CCCC2. The summed E-state index contributed by atoms with van der Waals surface area (Å²) in [6, 6.07) is 7.43. The number of anilines is 1. The zero-order chi connectivity index (χ0) is 17.8. The Kier molecular flexibility index (Phi) is 5.48. The number of ether oxygens (including phenoxy) is 1. The summed E-state index contributed by atoms with van der Waals surface area (Å²) >= 11 is 1.47. The van der Waals surface area contributed by atoms with Gasteiger partial charge in [0.1, 0.15) is 5.75 Å². The van der Waals surface area contributed by atoms with Crippen molar-refractivity contribution in [1.82, 2.24) is 4.98 Å². The highest BCUT2D eigenvalue weighted by molar-refractivity contribution is 7.16. The second kappa shape index (κ2) is 7.78. The summed E-state index contributed by atoms with van der Waals surface area (Å²) in [4.78, 5) is 32.0. The summed E-state index contributed by atoms with van der Waals surface area (Å²) in [7, 11) is 0. The van der Waals surface area contributed by atoms with Crippen molar-refractivity contribution in [3.63, 3.8) is 0 Å². The first-order valence-corrected chi connectivity index (χ1v) is 9.44. The molecule has 0 spiro atoms. The Hall–Kier alpha value is -2.21. The van der Waals surface area contributed by atoms with E-state index in [0.29, 0.717) is 17.5 Å². The number of amides is 2. The number of carbonyl (C=O) groups is 2. The number of hydrogen-bond acceptors (Lipinski definition) is 5. The van der Waals surface area contributed by atoms with Crippen LogP contribution in [0.5, 0.6) is 5.75 Å². The molecule has 0 fully saturated rings. The number of thiazole rings is 1. The molecular formula is C19H22N2O3S. The summed E-state index contributed by atoms with van der Waals surface area (Å²) in [6.45, 7) is 3.84. The summed E-state index contributed by atoms with van der Waals surface area (Å²) < 4.78 is 5.58. The van der Waals surface area contributed by atoms with E-state index < -0.39 is 0 Å². The Morgan fingerprint density at radius 1 is 1.24 bits per heavy atom. The number of hydrogen-bond donors (Lipinski definition) is 0. The normalized spacial score (nSPS) is 13.2. The molecule has 0 atom stereocenters. The quantitative estimate of drug-likeness (QED) is 0.820. The van der Waals surface area contributed by atoms with Crippen molar-refractivity contribution in [2.45, 2.75) is 46.0 Å². The number of aromatic nitrogens is 1. The van der Waals surface area contributed by atoms with Crippen LogP contribution in [0.1, 0.15) is 42.8 Å². The first-order valence-electron chi connectivity index (χ1n) is 8.63. The van der Waals surface area contributed by atoms with Crippen LogP contribution >= 0.6 is 11.3 Å². The van der Waals surface area contributed by atoms with E-state index in [0.717, 1.165) is 36.9 Å². The van der Waals surface area contributed by atoms with E-state index in [1.54, 1.807) is 0 Å². The van der Waals surface area contributed by atoms with Gasteiger partial charge in [0, 0.05) is 17.4 Å². The average Bonchev–Trinajstić information content (AvgIpc) is 2.99. The van der Waals surface area contributed by atoms with Gasteiger partial charge >= 0.3 is 0 Å². The van der Waals surface area contributed by atoms with Crippen LogP contribution in [0.25, 0.3) is 0 Å². The third-order valence-electron chi connectivity index (χ3n) is 4.20. The van der Waals surface area contributed by atoms with Gasteiger partial charge in [-0.15, -0.1) is 11.3 Å². The maximum absolute atomic E-state index is 12.8. The van der Waals surface area contributed by atoms with Crippen LogP contribution in [0.3, 0.4) is 0 Å². The highest BCUT2D eigenvalue weighted by Gasteiger charge is 2.26. The molecule has 0 aliphatic heterocycles. The Balaban J connectivity index is 1.85. The minimum Gasteiger partial charge on any atom is -0.494 e. The van der Waals surface area contributed by atoms with Crippen molar-refractivity contribution in [3.8, 4) is 5.75 Å². The zero-order valence-electron chi connectivity index (χ0n) is 14.6. The zero-order valence-corrected chi connectivity index (χ0v) is 15.4. The fourth-order valence-corrected chi connectivity index (χ4v) is 4.25. The Morgan fingerprint density at radius 3 is 2.72 bits per heavy atom. The maximum Gasteiger partial charge on any atom is 0.240 e. The Bertz CT molecular complexity index is 761. The van der Waals surface area contributed by atoms with Gasteiger partial charge in [-0.1, -0.05) is 18.2 Å². The lowest BCUT2D eigenvalue weighted by molar-refractivity contribution is -0.125. The fourth-order valence-electron chi connectivity index (χ4n) is 3.04. The first kappa shape index (κ1) is 17.6. The summed E-state index contributed by atoms with van der Waals surface area (Å²) in [5.74, 6) is 0.107. The number of aryl methyl sites for hydroxylation is 2. The summed E-state index contributed by atoms with van der Waals surface area (Å²) in [5.41, 5.74) is 1.82. The molecule has 0 bridgehead atoms. The van der Waals surface area contributed by atoms with Gasteiger partial charge in [-0.05, 0) is 38.7 Å². The van der Waals surface area contributed by atoms with Gasteiger partial charge in [-0.25, -0.2) is 9.88 Å². The van der Waals surface area contributed by atoms with Gasteiger partial charge < -0.3 is 4.74 Å². The summed E-state index contributed by atoms with van der Waals surface area (Å²) in [6.07, 6.45) is 4.29. The molecule has 0 saturated heterocycles. The van der Waals surface area contributed by atoms with Crippen LogP contribution in [0, 0.1) is 0 Å². The fraction of sp³-hybridized carbons (Fsp3) is 0.421. The average molecular weight is 358 g/mol. The second-order valence-electron chi connectivity index (χ2n) is 6.04. The van der Waals surface area contributed by atoms with Crippen LogP contribution in [-0.2, 0) is 28.9 Å². The van der Waals surface area contributed by atoms with Gasteiger partial charge in [0.15, 0.2) is 5.13 Å². The number of imide groups is 1. The number of nitrogens with zero attached hydrogens (tertiary/aromatic N) is 2. The highest BCUT2D eigenvalue weighted by atomic mass is 32.1. The van der Waals surface area contributed by atoms with Crippen molar-refractivity contribution in [2.24, 2.45) is 0 Å². The van der Waals surface area contributed by atoms with E-state index in [1.807, 2.05) is 31.2 Å². The van der Waals surface area contributed by atoms with Gasteiger partial charge in [0.05, 0.1) is 18.7 Å². The molecule has 0 unspecified atom stereocenters. The molecule has 1 aromatic carbocycles. The lowest BCUT2D eigenvalue weighted by Crippen LogP contribution is -2.36. The van der Waals surface area contributed by atoms with Crippen LogP contribution in [-0.4, -0.2) is 23.4 Å². The molecule has 1 aliphatic carbocycles. The van der Waals surface area contributed by atoms with Gasteiger partial charge in [-0.2, -0.15) is 0 Å². The third-order valence-corrected chi connectivity index (χ3v) is 5.35. The first-order chi connectivity index (χ1) is 12.1. The molecule has 0 radical (unpaired) electrons. The van der Waals surface area contributed by atoms with Crippen LogP contribution in [0.2, 0.25) is 0 Å². The lowest BCUT2D eigenvalue weighted by atomic mass is 10.0. The number of rotatable bonds is 5. The topological polar surface area (TPSA) is 59.5 Å². The lowest BCUT2D eigenvalue weighted by Gasteiger charge is -2.17. The molecule has 2 aromatic rings. The maximum atomic E-state index is 12.8. The molecule has 0 N–H and O–H groups in total. The minimum atomic E-state index is -0.301. The van der Waals surface area contributed by atoms with Crippen molar-refractivity contribution in [3.05, 3.63) is 40.4 Å². The van der Waals surface area contributed by atoms with Crippen molar-refractivity contribution >= 4 is 28.3 Å². The number of fused-ring (bicyclic) bond motifs is 1.